The summed E-state index contributed by atoms with van der Waals surface area (Å²) < 4.78 is 42.5. The van der Waals surface area contributed by atoms with E-state index in [1.54, 1.807) is 0 Å². The minimum absolute atomic E-state index is 0.191. The fourth-order valence-corrected chi connectivity index (χ4v) is 2.56. The van der Waals surface area contributed by atoms with Gasteiger partial charge in [-0.3, -0.25) is 9.67 Å². The molecule has 0 unspecified atom stereocenters. The van der Waals surface area contributed by atoms with E-state index in [-0.39, 0.29) is 10.7 Å². The summed E-state index contributed by atoms with van der Waals surface area (Å²) in [5, 5.41) is 4.21. The zero-order valence-corrected chi connectivity index (χ0v) is 13.3. The summed E-state index contributed by atoms with van der Waals surface area (Å²) in [6.07, 6.45) is 5.68. The molecule has 124 valence electrons. The van der Waals surface area contributed by atoms with Crippen LogP contribution in [0.5, 0.6) is 0 Å². The molecular weight excluding hydrogens is 341 g/mol. The molecule has 0 fully saturated rings. The van der Waals surface area contributed by atoms with Gasteiger partial charge in [0, 0.05) is 18.7 Å². The predicted molar refractivity (Wildman–Crippen MR) is 83.4 cm³/mol. The van der Waals surface area contributed by atoms with Crippen molar-refractivity contribution >= 4 is 11.6 Å². The second kappa shape index (κ2) is 6.24. The first-order valence-electron chi connectivity index (χ1n) is 7.00. The third kappa shape index (κ3) is 3.41. The van der Waals surface area contributed by atoms with Gasteiger partial charge in [0.1, 0.15) is 17.0 Å². The number of rotatable bonds is 4. The van der Waals surface area contributed by atoms with E-state index in [2.05, 4.69) is 15.1 Å². The number of aromatic nitrogens is 4. The van der Waals surface area contributed by atoms with Gasteiger partial charge in [-0.15, -0.1) is 0 Å². The standard InChI is InChI=1S/C16H12ClF3N4/c1-16(19,20)15(10-2-4-12(18)5-3-10)24-9-11(6-22-24)13-7-21-8-14(17)23-13/h2-9,15H,1H3/t15-/m1/s1. The Balaban J connectivity index is 2.02. The minimum atomic E-state index is -3.11. The van der Waals surface area contributed by atoms with Crippen molar-refractivity contribution in [3.8, 4) is 11.3 Å². The average Bonchev–Trinajstić information content (AvgIpc) is 2.97. The molecule has 1 atom stereocenters. The maximum atomic E-state index is 14.1. The molecule has 0 amide bonds. The third-order valence-electron chi connectivity index (χ3n) is 3.43. The molecule has 0 bridgehead atoms. The highest BCUT2D eigenvalue weighted by Gasteiger charge is 2.37. The number of hydrogen-bond donors (Lipinski definition) is 0. The van der Waals surface area contributed by atoms with Gasteiger partial charge in [-0.05, 0) is 17.7 Å². The van der Waals surface area contributed by atoms with E-state index in [4.69, 9.17) is 11.6 Å². The number of halogens is 4. The molecule has 0 aliphatic heterocycles. The van der Waals surface area contributed by atoms with Gasteiger partial charge in [0.15, 0.2) is 0 Å². The summed E-state index contributed by atoms with van der Waals surface area (Å²) in [5.41, 5.74) is 1.17. The molecule has 0 spiro atoms. The van der Waals surface area contributed by atoms with E-state index >= 15 is 0 Å². The van der Waals surface area contributed by atoms with Gasteiger partial charge in [-0.25, -0.2) is 18.2 Å². The van der Waals surface area contributed by atoms with Crippen molar-refractivity contribution < 1.29 is 13.2 Å². The van der Waals surface area contributed by atoms with Crippen molar-refractivity contribution in [2.45, 2.75) is 18.9 Å². The Bertz CT molecular complexity index is 843. The molecule has 2 aromatic heterocycles. The number of benzene rings is 1. The van der Waals surface area contributed by atoms with Gasteiger partial charge < -0.3 is 0 Å². The Morgan fingerprint density at radius 2 is 1.83 bits per heavy atom. The highest BCUT2D eigenvalue weighted by atomic mass is 35.5. The molecule has 2 heterocycles. The van der Waals surface area contributed by atoms with Crippen LogP contribution in [0.2, 0.25) is 5.15 Å². The number of nitrogens with zero attached hydrogens (tertiary/aromatic N) is 4. The van der Waals surface area contributed by atoms with Gasteiger partial charge in [-0.1, -0.05) is 23.7 Å². The highest BCUT2D eigenvalue weighted by molar-refractivity contribution is 6.29. The Morgan fingerprint density at radius 3 is 2.46 bits per heavy atom. The third-order valence-corrected chi connectivity index (χ3v) is 3.61. The molecule has 8 heteroatoms. The quantitative estimate of drug-likeness (QED) is 0.700. The van der Waals surface area contributed by atoms with E-state index in [0.29, 0.717) is 11.3 Å². The van der Waals surface area contributed by atoms with Crippen molar-refractivity contribution in [1.29, 1.82) is 0 Å². The van der Waals surface area contributed by atoms with Gasteiger partial charge >= 0.3 is 0 Å². The maximum absolute atomic E-state index is 14.1. The van der Waals surface area contributed by atoms with Crippen LogP contribution in [0.15, 0.2) is 49.1 Å². The summed E-state index contributed by atoms with van der Waals surface area (Å²) in [6.45, 7) is 0.793. The van der Waals surface area contributed by atoms with Crippen molar-refractivity contribution in [2.75, 3.05) is 0 Å². The van der Waals surface area contributed by atoms with Gasteiger partial charge in [-0.2, -0.15) is 5.10 Å². The van der Waals surface area contributed by atoms with Crippen LogP contribution in [0.25, 0.3) is 11.3 Å². The number of alkyl halides is 2. The lowest BCUT2D eigenvalue weighted by Crippen LogP contribution is -2.29. The molecular formula is C16H12ClF3N4. The first kappa shape index (κ1) is 16.4. The zero-order chi connectivity index (χ0) is 17.3. The largest absolute Gasteiger partial charge is 0.271 e. The molecule has 0 saturated heterocycles. The molecule has 0 radical (unpaired) electrons. The first-order valence-corrected chi connectivity index (χ1v) is 7.38. The van der Waals surface area contributed by atoms with Gasteiger partial charge in [0.25, 0.3) is 5.92 Å². The van der Waals surface area contributed by atoms with Gasteiger partial charge in [0.05, 0.1) is 24.3 Å². The van der Waals surface area contributed by atoms with E-state index in [9.17, 15) is 13.2 Å². The summed E-state index contributed by atoms with van der Waals surface area (Å²) in [4.78, 5) is 7.99. The van der Waals surface area contributed by atoms with E-state index in [0.717, 1.165) is 23.7 Å². The predicted octanol–water partition coefficient (Wildman–Crippen LogP) is 4.38. The molecule has 3 aromatic rings. The first-order chi connectivity index (χ1) is 11.3. The SMILES string of the molecule is CC(F)(F)[C@@H](c1ccc(F)cc1)n1cc(-c2cncc(Cl)n2)cn1. The number of hydrogen-bond acceptors (Lipinski definition) is 3. The van der Waals surface area contributed by atoms with Crippen LogP contribution in [0, 0.1) is 5.82 Å². The molecule has 0 N–H and O–H groups in total. The van der Waals surface area contributed by atoms with Crippen LogP contribution in [0.3, 0.4) is 0 Å². The van der Waals surface area contributed by atoms with Crippen molar-refractivity contribution in [2.24, 2.45) is 0 Å². The van der Waals surface area contributed by atoms with Crippen LogP contribution in [0.4, 0.5) is 13.2 Å². The lowest BCUT2D eigenvalue weighted by molar-refractivity contribution is -0.0217. The summed E-state index contributed by atoms with van der Waals surface area (Å²) >= 11 is 5.79. The van der Waals surface area contributed by atoms with Crippen LogP contribution in [0.1, 0.15) is 18.5 Å². The minimum Gasteiger partial charge on any atom is -0.259 e. The Morgan fingerprint density at radius 1 is 1.12 bits per heavy atom. The Hall–Kier alpha value is -2.41. The molecule has 0 aliphatic carbocycles. The van der Waals surface area contributed by atoms with Gasteiger partial charge in [0.2, 0.25) is 0 Å². The zero-order valence-electron chi connectivity index (χ0n) is 12.5. The summed E-state index contributed by atoms with van der Waals surface area (Å²) in [5.74, 6) is -3.60. The summed E-state index contributed by atoms with van der Waals surface area (Å²) in [7, 11) is 0. The molecule has 1 aromatic carbocycles. The fourth-order valence-electron chi connectivity index (χ4n) is 2.42. The van der Waals surface area contributed by atoms with Crippen molar-refractivity contribution in [1.82, 2.24) is 19.7 Å². The average molecular weight is 353 g/mol. The Labute approximate surface area is 140 Å². The molecule has 0 aliphatic rings. The van der Waals surface area contributed by atoms with Crippen LogP contribution >= 0.6 is 11.6 Å². The lowest BCUT2D eigenvalue weighted by Gasteiger charge is -2.24. The summed E-state index contributed by atoms with van der Waals surface area (Å²) in [6, 6.07) is 3.54. The maximum Gasteiger partial charge on any atom is 0.271 e. The van der Waals surface area contributed by atoms with E-state index in [1.165, 1.54) is 36.9 Å². The Kier molecular flexibility index (Phi) is 4.28. The smallest absolute Gasteiger partial charge is 0.259 e. The van der Waals surface area contributed by atoms with E-state index < -0.39 is 17.8 Å². The second-order valence-corrected chi connectivity index (χ2v) is 5.73. The lowest BCUT2D eigenvalue weighted by atomic mass is 10.0. The van der Waals surface area contributed by atoms with Crippen molar-refractivity contribution in [3.05, 3.63) is 65.6 Å². The molecule has 3 rings (SSSR count). The molecule has 24 heavy (non-hydrogen) atoms. The second-order valence-electron chi connectivity index (χ2n) is 5.35. The topological polar surface area (TPSA) is 43.6 Å². The van der Waals surface area contributed by atoms with Crippen LogP contribution in [-0.4, -0.2) is 25.7 Å². The molecule has 0 saturated carbocycles. The van der Waals surface area contributed by atoms with Crippen molar-refractivity contribution in [3.63, 3.8) is 0 Å². The van der Waals surface area contributed by atoms with Crippen LogP contribution in [-0.2, 0) is 0 Å². The molecule has 4 nitrogen and oxygen atoms in total. The monoisotopic (exact) mass is 352 g/mol. The van der Waals surface area contributed by atoms with E-state index in [1.807, 2.05) is 0 Å². The van der Waals surface area contributed by atoms with Crippen LogP contribution < -0.4 is 0 Å². The normalized spacial score (nSPS) is 13.0. The highest BCUT2D eigenvalue weighted by Crippen LogP contribution is 2.35. The fraction of sp³-hybridized carbons (Fsp3) is 0.188.